The van der Waals surface area contributed by atoms with Gasteiger partial charge in [-0.1, -0.05) is 19.9 Å². The summed E-state index contributed by atoms with van der Waals surface area (Å²) in [6.07, 6.45) is 3.68. The molecule has 60 valence electrons. The van der Waals surface area contributed by atoms with E-state index >= 15 is 0 Å². The van der Waals surface area contributed by atoms with Gasteiger partial charge in [0.2, 0.25) is 0 Å². The van der Waals surface area contributed by atoms with Crippen LogP contribution in [0.1, 0.15) is 33.1 Å². The first-order valence-corrected chi connectivity index (χ1v) is 4.11. The Hall–Kier alpha value is -0.460. The molecule has 10 heavy (non-hydrogen) atoms. The molecule has 1 nitrogen and oxygen atoms in total. The molecule has 0 atom stereocenters. The van der Waals surface area contributed by atoms with E-state index in [9.17, 15) is 0 Å². The lowest BCUT2D eigenvalue weighted by molar-refractivity contribution is 0.421. The molecule has 0 aromatic heterocycles. The molecular weight excluding hydrogens is 122 g/mol. The molecule has 0 unspecified atom stereocenters. The van der Waals surface area contributed by atoms with Crippen molar-refractivity contribution in [3.05, 3.63) is 12.3 Å². The van der Waals surface area contributed by atoms with Gasteiger partial charge in [0.25, 0.3) is 0 Å². The maximum atomic E-state index is 3.99. The summed E-state index contributed by atoms with van der Waals surface area (Å²) in [6, 6.07) is 0. The molecule has 0 aliphatic heterocycles. The summed E-state index contributed by atoms with van der Waals surface area (Å²) in [4.78, 5) is 2.20. The number of unbranched alkanes of at least 4 members (excludes halogenated alkanes) is 1. The molecule has 0 radical (unpaired) electrons. The Morgan fingerprint density at radius 1 is 1.40 bits per heavy atom. The summed E-state index contributed by atoms with van der Waals surface area (Å²) in [5, 5.41) is 0. The Labute approximate surface area is 64.7 Å². The quantitative estimate of drug-likeness (QED) is 0.569. The predicted molar refractivity (Wildman–Crippen MR) is 47.0 cm³/mol. The van der Waals surface area contributed by atoms with Crippen LogP contribution in [0.4, 0.5) is 0 Å². The van der Waals surface area contributed by atoms with Gasteiger partial charge in [0, 0.05) is 19.3 Å². The second-order valence-electron chi connectivity index (χ2n) is 2.68. The summed E-state index contributed by atoms with van der Waals surface area (Å²) >= 11 is 0. The largest absolute Gasteiger partial charge is 0.379 e. The molecule has 0 amide bonds. The molecule has 0 rings (SSSR count). The van der Waals surface area contributed by atoms with E-state index in [0.717, 1.165) is 13.0 Å². The highest BCUT2D eigenvalue weighted by Gasteiger charge is 1.96. The van der Waals surface area contributed by atoms with Gasteiger partial charge >= 0.3 is 0 Å². The van der Waals surface area contributed by atoms with Crippen molar-refractivity contribution in [2.24, 2.45) is 0 Å². The van der Waals surface area contributed by atoms with E-state index in [1.54, 1.807) is 0 Å². The summed E-state index contributed by atoms with van der Waals surface area (Å²) in [5.74, 6) is 0. The maximum absolute atomic E-state index is 3.99. The number of allylic oxidation sites excluding steroid dienone is 1. The minimum atomic E-state index is 1.07. The molecule has 1 heteroatoms. The fourth-order valence-corrected chi connectivity index (χ4v) is 0.795. The summed E-state index contributed by atoms with van der Waals surface area (Å²) in [7, 11) is 2.10. The highest BCUT2D eigenvalue weighted by atomic mass is 15.1. The Bertz CT molecular complexity index is 96.9. The van der Waals surface area contributed by atoms with Gasteiger partial charge in [-0.05, 0) is 19.8 Å². The van der Waals surface area contributed by atoms with E-state index in [2.05, 4.69) is 32.4 Å². The standard InChI is InChI=1S/C9H19N/c1-5-7-8-9(3)10(4)6-2/h3,5-8H2,1-2,4H3. The average Bonchev–Trinajstić information content (AvgIpc) is 1.98. The topological polar surface area (TPSA) is 3.24 Å². The zero-order chi connectivity index (χ0) is 7.98. The lowest BCUT2D eigenvalue weighted by Crippen LogP contribution is -2.15. The molecule has 0 heterocycles. The van der Waals surface area contributed by atoms with Crippen molar-refractivity contribution < 1.29 is 0 Å². The van der Waals surface area contributed by atoms with Gasteiger partial charge in [0.1, 0.15) is 0 Å². The van der Waals surface area contributed by atoms with Gasteiger partial charge in [-0.25, -0.2) is 0 Å². The number of rotatable bonds is 5. The lowest BCUT2D eigenvalue weighted by Gasteiger charge is -2.18. The minimum absolute atomic E-state index is 1.07. The molecule has 0 spiro atoms. The van der Waals surface area contributed by atoms with Gasteiger partial charge in [-0.15, -0.1) is 0 Å². The van der Waals surface area contributed by atoms with Crippen molar-refractivity contribution in [2.75, 3.05) is 13.6 Å². The van der Waals surface area contributed by atoms with Crippen LogP contribution in [0.25, 0.3) is 0 Å². The highest BCUT2D eigenvalue weighted by molar-refractivity contribution is 4.91. The summed E-state index contributed by atoms with van der Waals surface area (Å²) in [5.41, 5.74) is 1.27. The first-order chi connectivity index (χ1) is 4.72. The monoisotopic (exact) mass is 141 g/mol. The molecular formula is C9H19N. The fraction of sp³-hybridized carbons (Fsp3) is 0.778. The van der Waals surface area contributed by atoms with Gasteiger partial charge < -0.3 is 4.90 Å². The van der Waals surface area contributed by atoms with Crippen molar-refractivity contribution in [3.63, 3.8) is 0 Å². The third-order valence-corrected chi connectivity index (χ3v) is 1.83. The maximum Gasteiger partial charge on any atom is 0.0143 e. The third kappa shape index (κ3) is 3.54. The van der Waals surface area contributed by atoms with Crippen LogP contribution in [0, 0.1) is 0 Å². The van der Waals surface area contributed by atoms with Crippen LogP contribution in [0.3, 0.4) is 0 Å². The van der Waals surface area contributed by atoms with E-state index < -0.39 is 0 Å². The molecule has 0 N–H and O–H groups in total. The van der Waals surface area contributed by atoms with Crippen molar-refractivity contribution >= 4 is 0 Å². The lowest BCUT2D eigenvalue weighted by atomic mass is 10.2. The number of hydrogen-bond donors (Lipinski definition) is 0. The van der Waals surface area contributed by atoms with Crippen molar-refractivity contribution in [2.45, 2.75) is 33.1 Å². The Balaban J connectivity index is 3.42. The molecule has 0 bridgehead atoms. The van der Waals surface area contributed by atoms with Crippen LogP contribution in [-0.4, -0.2) is 18.5 Å². The molecule has 0 aliphatic rings. The van der Waals surface area contributed by atoms with Crippen molar-refractivity contribution in [1.29, 1.82) is 0 Å². The molecule has 0 saturated carbocycles. The summed E-state index contributed by atoms with van der Waals surface area (Å²) in [6.45, 7) is 9.42. The second-order valence-corrected chi connectivity index (χ2v) is 2.68. The fourth-order valence-electron chi connectivity index (χ4n) is 0.795. The SMILES string of the molecule is C=C(CCCC)N(C)CC. The van der Waals surface area contributed by atoms with E-state index in [-0.39, 0.29) is 0 Å². The number of nitrogens with zero attached hydrogens (tertiary/aromatic N) is 1. The van der Waals surface area contributed by atoms with Crippen LogP contribution in [0.5, 0.6) is 0 Å². The van der Waals surface area contributed by atoms with Gasteiger partial charge in [-0.3, -0.25) is 0 Å². The molecule has 0 fully saturated rings. The zero-order valence-corrected chi connectivity index (χ0v) is 7.48. The van der Waals surface area contributed by atoms with Gasteiger partial charge in [0.05, 0.1) is 0 Å². The smallest absolute Gasteiger partial charge is 0.0143 e. The molecule has 0 aliphatic carbocycles. The first kappa shape index (κ1) is 9.54. The van der Waals surface area contributed by atoms with Crippen LogP contribution < -0.4 is 0 Å². The van der Waals surface area contributed by atoms with E-state index in [0.29, 0.717) is 0 Å². The normalized spacial score (nSPS) is 9.50. The molecule has 0 aromatic carbocycles. The van der Waals surface area contributed by atoms with E-state index in [4.69, 9.17) is 0 Å². The predicted octanol–water partition coefficient (Wildman–Crippen LogP) is 2.64. The van der Waals surface area contributed by atoms with Crippen LogP contribution in [-0.2, 0) is 0 Å². The van der Waals surface area contributed by atoms with Crippen LogP contribution in [0.15, 0.2) is 12.3 Å². The van der Waals surface area contributed by atoms with Crippen LogP contribution >= 0.6 is 0 Å². The average molecular weight is 141 g/mol. The van der Waals surface area contributed by atoms with E-state index in [1.165, 1.54) is 18.5 Å². The van der Waals surface area contributed by atoms with Gasteiger partial charge in [0.15, 0.2) is 0 Å². The Morgan fingerprint density at radius 2 is 2.00 bits per heavy atom. The second kappa shape index (κ2) is 5.33. The highest BCUT2D eigenvalue weighted by Crippen LogP contribution is 2.07. The van der Waals surface area contributed by atoms with Crippen LogP contribution in [0.2, 0.25) is 0 Å². The molecule has 0 saturated heterocycles. The summed E-state index contributed by atoms with van der Waals surface area (Å²) < 4.78 is 0. The third-order valence-electron chi connectivity index (χ3n) is 1.83. The van der Waals surface area contributed by atoms with E-state index in [1.807, 2.05) is 0 Å². The Morgan fingerprint density at radius 3 is 2.40 bits per heavy atom. The first-order valence-electron chi connectivity index (χ1n) is 4.11. The molecule has 0 aromatic rings. The number of hydrogen-bond acceptors (Lipinski definition) is 1. The minimum Gasteiger partial charge on any atom is -0.379 e. The van der Waals surface area contributed by atoms with Crippen molar-refractivity contribution in [1.82, 2.24) is 4.90 Å². The van der Waals surface area contributed by atoms with Crippen molar-refractivity contribution in [3.8, 4) is 0 Å². The zero-order valence-electron chi connectivity index (χ0n) is 7.48. The van der Waals surface area contributed by atoms with Gasteiger partial charge in [-0.2, -0.15) is 0 Å². The Kier molecular flexibility index (Phi) is 5.09.